The highest BCUT2D eigenvalue weighted by Crippen LogP contribution is 2.21. The second-order valence-electron chi connectivity index (χ2n) is 2.94. The van der Waals surface area contributed by atoms with Gasteiger partial charge >= 0.3 is 0 Å². The molecule has 0 saturated carbocycles. The van der Waals surface area contributed by atoms with Gasteiger partial charge in [0.2, 0.25) is 0 Å². The summed E-state index contributed by atoms with van der Waals surface area (Å²) in [5, 5.41) is 0.299. The number of nitrogen functional groups attached to an aromatic ring is 1. The first-order chi connectivity index (χ1) is 6.09. The van der Waals surface area contributed by atoms with E-state index in [9.17, 15) is 4.39 Å². The number of hydrogen-bond acceptors (Lipinski definition) is 3. The maximum atomic E-state index is 13.2. The summed E-state index contributed by atoms with van der Waals surface area (Å²) in [4.78, 5) is 7.98. The molecule has 2 rings (SSSR count). The molecular formula is C8H9FN4. The lowest BCUT2D eigenvalue weighted by Gasteiger charge is -1.98. The summed E-state index contributed by atoms with van der Waals surface area (Å²) in [5.74, 6) is 0.363. The van der Waals surface area contributed by atoms with Crippen LogP contribution in [0.1, 0.15) is 5.82 Å². The molecule has 0 radical (unpaired) electrons. The van der Waals surface area contributed by atoms with Crippen LogP contribution in [0.4, 0.5) is 10.2 Å². The van der Waals surface area contributed by atoms with Gasteiger partial charge in [-0.3, -0.25) is 0 Å². The van der Waals surface area contributed by atoms with Crippen molar-refractivity contribution in [2.45, 2.75) is 6.92 Å². The molecule has 0 bridgehead atoms. The number of aromatic nitrogens is 3. The van der Waals surface area contributed by atoms with E-state index in [1.807, 2.05) is 0 Å². The largest absolute Gasteiger partial charge is 0.383 e. The lowest BCUT2D eigenvalue weighted by Crippen LogP contribution is -1.98. The van der Waals surface area contributed by atoms with Crippen molar-refractivity contribution < 1.29 is 4.39 Å². The Balaban J connectivity index is 2.97. The van der Waals surface area contributed by atoms with Crippen LogP contribution in [0, 0.1) is 12.7 Å². The van der Waals surface area contributed by atoms with Crippen molar-refractivity contribution in [3.63, 3.8) is 0 Å². The van der Waals surface area contributed by atoms with E-state index in [1.54, 1.807) is 18.5 Å². The average molecular weight is 180 g/mol. The van der Waals surface area contributed by atoms with Crippen molar-refractivity contribution in [3.8, 4) is 0 Å². The topological polar surface area (TPSA) is 56.7 Å². The third-order valence-electron chi connectivity index (χ3n) is 1.91. The van der Waals surface area contributed by atoms with E-state index in [1.165, 1.54) is 6.20 Å². The first-order valence-electron chi connectivity index (χ1n) is 3.84. The summed E-state index contributed by atoms with van der Waals surface area (Å²) < 4.78 is 14.8. The van der Waals surface area contributed by atoms with E-state index < -0.39 is 0 Å². The molecule has 0 unspecified atom stereocenters. The zero-order valence-corrected chi connectivity index (χ0v) is 7.37. The van der Waals surface area contributed by atoms with Gasteiger partial charge in [0, 0.05) is 13.2 Å². The van der Waals surface area contributed by atoms with Gasteiger partial charge in [0.25, 0.3) is 0 Å². The highest BCUT2D eigenvalue weighted by molar-refractivity contribution is 5.86. The average Bonchev–Trinajstić information content (AvgIpc) is 2.27. The molecule has 0 aliphatic carbocycles. The standard InChI is InChI=1S/C8H9FN4/c1-4-11-7(10)6-5(9)3-13(2)8(6)12-4/h3H,1-2H3,(H2,10,11,12). The number of nitrogens with zero attached hydrogens (tertiary/aromatic N) is 3. The van der Waals surface area contributed by atoms with Crippen molar-refractivity contribution in [2.75, 3.05) is 5.73 Å². The summed E-state index contributed by atoms with van der Waals surface area (Å²) in [7, 11) is 1.72. The molecule has 0 spiro atoms. The van der Waals surface area contributed by atoms with Crippen LogP contribution in [0.15, 0.2) is 6.20 Å². The monoisotopic (exact) mass is 180 g/mol. The first kappa shape index (κ1) is 7.97. The van der Waals surface area contributed by atoms with Crippen molar-refractivity contribution in [1.82, 2.24) is 14.5 Å². The fourth-order valence-electron chi connectivity index (χ4n) is 1.36. The lowest BCUT2D eigenvalue weighted by molar-refractivity contribution is 0.633. The molecule has 2 aromatic rings. The molecule has 0 amide bonds. The van der Waals surface area contributed by atoms with Crippen LogP contribution in [0.25, 0.3) is 11.0 Å². The van der Waals surface area contributed by atoms with E-state index in [2.05, 4.69) is 9.97 Å². The Morgan fingerprint density at radius 1 is 1.46 bits per heavy atom. The number of halogens is 1. The van der Waals surface area contributed by atoms with Crippen molar-refractivity contribution in [1.29, 1.82) is 0 Å². The summed E-state index contributed by atoms with van der Waals surface area (Å²) in [5.41, 5.74) is 6.10. The molecule has 2 N–H and O–H groups in total. The van der Waals surface area contributed by atoms with Gasteiger partial charge in [-0.2, -0.15) is 0 Å². The Hall–Kier alpha value is -1.65. The molecule has 13 heavy (non-hydrogen) atoms. The van der Waals surface area contributed by atoms with Crippen molar-refractivity contribution >= 4 is 16.9 Å². The number of fused-ring (bicyclic) bond motifs is 1. The van der Waals surface area contributed by atoms with Gasteiger partial charge < -0.3 is 10.3 Å². The Morgan fingerprint density at radius 3 is 2.85 bits per heavy atom. The van der Waals surface area contributed by atoms with Crippen LogP contribution < -0.4 is 5.73 Å². The second-order valence-corrected chi connectivity index (χ2v) is 2.94. The minimum absolute atomic E-state index is 0.195. The number of anilines is 1. The normalized spacial score (nSPS) is 11.0. The van der Waals surface area contributed by atoms with Gasteiger partial charge in [0.05, 0.1) is 5.39 Å². The summed E-state index contributed by atoms with van der Waals surface area (Å²) >= 11 is 0. The summed E-state index contributed by atoms with van der Waals surface area (Å²) in [6, 6.07) is 0. The SMILES string of the molecule is Cc1nc(N)c2c(F)cn(C)c2n1. The molecule has 68 valence electrons. The zero-order valence-electron chi connectivity index (χ0n) is 7.37. The minimum Gasteiger partial charge on any atom is -0.383 e. The Morgan fingerprint density at radius 2 is 2.15 bits per heavy atom. The molecule has 2 heterocycles. The quantitative estimate of drug-likeness (QED) is 0.658. The van der Waals surface area contributed by atoms with Crippen molar-refractivity contribution in [3.05, 3.63) is 17.8 Å². The van der Waals surface area contributed by atoms with E-state index in [-0.39, 0.29) is 11.6 Å². The number of rotatable bonds is 0. The molecule has 0 fully saturated rings. The predicted octanol–water partition coefficient (Wildman–Crippen LogP) is 0.998. The molecule has 0 saturated heterocycles. The van der Waals surface area contributed by atoms with Gasteiger partial charge in [-0.1, -0.05) is 0 Å². The highest BCUT2D eigenvalue weighted by atomic mass is 19.1. The fourth-order valence-corrected chi connectivity index (χ4v) is 1.36. The number of aryl methyl sites for hydroxylation is 2. The van der Waals surface area contributed by atoms with Crippen LogP contribution in [-0.4, -0.2) is 14.5 Å². The molecular weight excluding hydrogens is 171 g/mol. The molecule has 2 aromatic heterocycles. The van der Waals surface area contributed by atoms with E-state index in [0.29, 0.717) is 16.9 Å². The van der Waals surface area contributed by atoms with Crippen LogP contribution in [0.2, 0.25) is 0 Å². The van der Waals surface area contributed by atoms with Crippen LogP contribution in [0.3, 0.4) is 0 Å². The Bertz CT molecular complexity index is 474. The second kappa shape index (κ2) is 2.42. The van der Waals surface area contributed by atoms with Gasteiger partial charge in [-0.15, -0.1) is 0 Å². The third kappa shape index (κ3) is 1.04. The number of hydrogen-bond donors (Lipinski definition) is 1. The maximum absolute atomic E-state index is 13.2. The zero-order chi connectivity index (χ0) is 9.59. The summed E-state index contributed by atoms with van der Waals surface area (Å²) in [6.07, 6.45) is 1.34. The highest BCUT2D eigenvalue weighted by Gasteiger charge is 2.11. The van der Waals surface area contributed by atoms with E-state index >= 15 is 0 Å². The molecule has 0 aliphatic heterocycles. The smallest absolute Gasteiger partial charge is 0.154 e. The molecule has 0 aromatic carbocycles. The Labute approximate surface area is 74.2 Å². The third-order valence-corrected chi connectivity index (χ3v) is 1.91. The van der Waals surface area contributed by atoms with Crippen LogP contribution >= 0.6 is 0 Å². The molecule has 5 heteroatoms. The van der Waals surface area contributed by atoms with Gasteiger partial charge in [0.1, 0.15) is 17.3 Å². The first-order valence-corrected chi connectivity index (χ1v) is 3.84. The van der Waals surface area contributed by atoms with Gasteiger partial charge in [0.15, 0.2) is 5.82 Å². The van der Waals surface area contributed by atoms with Gasteiger partial charge in [-0.25, -0.2) is 14.4 Å². The van der Waals surface area contributed by atoms with Crippen LogP contribution in [0.5, 0.6) is 0 Å². The summed E-state index contributed by atoms with van der Waals surface area (Å²) in [6.45, 7) is 1.72. The van der Waals surface area contributed by atoms with Gasteiger partial charge in [-0.05, 0) is 6.92 Å². The molecule has 0 atom stereocenters. The Kier molecular flexibility index (Phi) is 1.48. The predicted molar refractivity (Wildman–Crippen MR) is 47.6 cm³/mol. The number of nitrogens with two attached hydrogens (primary N) is 1. The minimum atomic E-state index is -0.380. The van der Waals surface area contributed by atoms with E-state index in [4.69, 9.17) is 5.73 Å². The lowest BCUT2D eigenvalue weighted by atomic mass is 10.3. The van der Waals surface area contributed by atoms with Crippen LogP contribution in [-0.2, 0) is 7.05 Å². The van der Waals surface area contributed by atoms with E-state index in [0.717, 1.165) is 0 Å². The molecule has 0 aliphatic rings. The van der Waals surface area contributed by atoms with Crippen molar-refractivity contribution in [2.24, 2.45) is 7.05 Å². The fraction of sp³-hybridized carbons (Fsp3) is 0.250. The maximum Gasteiger partial charge on any atom is 0.154 e. The molecule has 4 nitrogen and oxygen atoms in total.